The molecular formula is C23H22Cl2N2O. The molecule has 0 radical (unpaired) electrons. The minimum atomic E-state index is -0.514. The highest BCUT2D eigenvalue weighted by Crippen LogP contribution is 2.31. The summed E-state index contributed by atoms with van der Waals surface area (Å²) >= 11 is 6.36. The van der Waals surface area contributed by atoms with E-state index in [1.807, 2.05) is 18.2 Å². The van der Waals surface area contributed by atoms with E-state index in [0.29, 0.717) is 16.6 Å². The van der Waals surface area contributed by atoms with E-state index in [1.54, 1.807) is 12.1 Å². The first-order valence-corrected chi connectivity index (χ1v) is 9.47. The Hall–Kier alpha value is -2.33. The molecule has 0 unspecified atom stereocenters. The Kier molecular flexibility index (Phi) is 6.40. The van der Waals surface area contributed by atoms with Crippen LogP contribution in [0, 0.1) is 0 Å². The van der Waals surface area contributed by atoms with Gasteiger partial charge in [0.1, 0.15) is 0 Å². The van der Waals surface area contributed by atoms with Crippen LogP contribution in [0.15, 0.2) is 66.7 Å². The molecule has 0 bridgehead atoms. The van der Waals surface area contributed by atoms with Crippen molar-refractivity contribution in [2.45, 2.75) is 25.4 Å². The largest absolute Gasteiger partial charge is 0.366 e. The molecule has 3 nitrogen and oxygen atoms in total. The number of amides is 1. The van der Waals surface area contributed by atoms with Crippen molar-refractivity contribution in [2.24, 2.45) is 5.73 Å². The first-order chi connectivity index (χ1) is 13.1. The molecule has 0 fully saturated rings. The number of halogens is 2. The second-order valence-electron chi connectivity index (χ2n) is 6.98. The summed E-state index contributed by atoms with van der Waals surface area (Å²) < 4.78 is 0. The summed E-state index contributed by atoms with van der Waals surface area (Å²) in [5.74, 6) is -0.514. The van der Waals surface area contributed by atoms with Crippen molar-refractivity contribution in [3.05, 3.63) is 94.0 Å². The Morgan fingerprint density at radius 2 is 1.61 bits per heavy atom. The molecule has 1 aliphatic rings. The number of carbonyl (C=O) groups is 1. The number of carbonyl (C=O) groups excluding carboxylic acids is 1. The Morgan fingerprint density at radius 1 is 0.964 bits per heavy atom. The van der Waals surface area contributed by atoms with Crippen molar-refractivity contribution >= 4 is 29.9 Å². The van der Waals surface area contributed by atoms with Crippen LogP contribution in [0.4, 0.5) is 0 Å². The Bertz CT molecular complexity index is 961. The number of hydrogen-bond donors (Lipinski definition) is 2. The third-order valence-corrected chi connectivity index (χ3v) is 5.58. The molecule has 3 N–H and O–H groups in total. The topological polar surface area (TPSA) is 55.1 Å². The molecule has 0 saturated carbocycles. The van der Waals surface area contributed by atoms with Crippen molar-refractivity contribution < 1.29 is 4.79 Å². The molecule has 5 heteroatoms. The van der Waals surface area contributed by atoms with Crippen molar-refractivity contribution in [3.63, 3.8) is 0 Å². The summed E-state index contributed by atoms with van der Waals surface area (Å²) in [7, 11) is 0. The molecule has 28 heavy (non-hydrogen) atoms. The fraction of sp³-hybridized carbons (Fsp3) is 0.174. The molecule has 3 aromatic carbocycles. The van der Waals surface area contributed by atoms with Gasteiger partial charge in [0.15, 0.2) is 0 Å². The first kappa shape index (κ1) is 20.4. The fourth-order valence-corrected chi connectivity index (χ4v) is 4.04. The third-order valence-electron chi connectivity index (χ3n) is 5.17. The van der Waals surface area contributed by atoms with Crippen LogP contribution in [0.1, 0.15) is 27.0 Å². The van der Waals surface area contributed by atoms with Crippen molar-refractivity contribution in [3.8, 4) is 11.1 Å². The SMILES string of the molecule is Cl.NC(=O)c1cccc(-c2ccc(CNC3Cc4ccccc4C3)cc2)c1Cl. The van der Waals surface area contributed by atoms with Crippen LogP contribution in [0.3, 0.4) is 0 Å². The summed E-state index contributed by atoms with van der Waals surface area (Å²) in [6, 6.07) is 22.7. The molecular weight excluding hydrogens is 391 g/mol. The highest BCUT2D eigenvalue weighted by molar-refractivity contribution is 6.36. The van der Waals surface area contributed by atoms with Gasteiger partial charge in [-0.3, -0.25) is 4.79 Å². The van der Waals surface area contributed by atoms with E-state index in [-0.39, 0.29) is 12.4 Å². The normalized spacial score (nSPS) is 13.0. The predicted octanol–water partition coefficient (Wildman–Crippen LogP) is 4.78. The van der Waals surface area contributed by atoms with E-state index in [9.17, 15) is 4.79 Å². The monoisotopic (exact) mass is 412 g/mol. The molecule has 4 rings (SSSR count). The Labute approximate surface area is 176 Å². The van der Waals surface area contributed by atoms with Crippen LogP contribution in [0.2, 0.25) is 5.02 Å². The van der Waals surface area contributed by atoms with Crippen LogP contribution < -0.4 is 11.1 Å². The predicted molar refractivity (Wildman–Crippen MR) is 117 cm³/mol. The second kappa shape index (κ2) is 8.78. The average molecular weight is 413 g/mol. The lowest BCUT2D eigenvalue weighted by Gasteiger charge is -2.13. The average Bonchev–Trinajstić information content (AvgIpc) is 3.10. The number of rotatable bonds is 5. The van der Waals surface area contributed by atoms with Crippen LogP contribution in [-0.4, -0.2) is 11.9 Å². The van der Waals surface area contributed by atoms with Crippen molar-refractivity contribution in [2.75, 3.05) is 0 Å². The van der Waals surface area contributed by atoms with Gasteiger partial charge in [0.05, 0.1) is 10.6 Å². The fourth-order valence-electron chi connectivity index (χ4n) is 3.71. The zero-order chi connectivity index (χ0) is 18.8. The highest BCUT2D eigenvalue weighted by Gasteiger charge is 2.20. The maximum atomic E-state index is 11.5. The van der Waals surface area contributed by atoms with E-state index >= 15 is 0 Å². The Morgan fingerprint density at radius 3 is 2.21 bits per heavy atom. The number of nitrogens with one attached hydrogen (secondary N) is 1. The molecule has 0 heterocycles. The molecule has 1 aliphatic carbocycles. The smallest absolute Gasteiger partial charge is 0.250 e. The molecule has 144 valence electrons. The maximum absolute atomic E-state index is 11.5. The first-order valence-electron chi connectivity index (χ1n) is 9.09. The minimum absolute atomic E-state index is 0. The summed E-state index contributed by atoms with van der Waals surface area (Å²) in [6.45, 7) is 0.827. The molecule has 0 aliphatic heterocycles. The lowest BCUT2D eigenvalue weighted by molar-refractivity contribution is 0.100. The van der Waals surface area contributed by atoms with E-state index in [1.165, 1.54) is 16.7 Å². The van der Waals surface area contributed by atoms with E-state index in [0.717, 1.165) is 30.5 Å². The molecule has 0 aromatic heterocycles. The molecule has 3 aromatic rings. The van der Waals surface area contributed by atoms with Gasteiger partial charge in [-0.05, 0) is 41.2 Å². The quantitative estimate of drug-likeness (QED) is 0.632. The second-order valence-corrected chi connectivity index (χ2v) is 7.36. The zero-order valence-electron chi connectivity index (χ0n) is 15.3. The summed E-state index contributed by atoms with van der Waals surface area (Å²) in [4.78, 5) is 11.5. The standard InChI is InChI=1S/C23H21ClN2O.ClH/c24-22-20(6-3-7-21(22)23(25)27)16-10-8-15(9-11-16)14-26-19-12-17-4-1-2-5-18(17)13-19;/h1-11,19,26H,12-14H2,(H2,25,27);1H. The number of nitrogens with two attached hydrogens (primary N) is 1. The number of fused-ring (bicyclic) bond motifs is 1. The van der Waals surface area contributed by atoms with Crippen LogP contribution in [0.25, 0.3) is 11.1 Å². The lowest BCUT2D eigenvalue weighted by atomic mass is 10.0. The van der Waals surface area contributed by atoms with Crippen LogP contribution >= 0.6 is 24.0 Å². The molecule has 0 atom stereocenters. The number of benzene rings is 3. The van der Waals surface area contributed by atoms with Gasteiger partial charge >= 0.3 is 0 Å². The molecule has 1 amide bonds. The van der Waals surface area contributed by atoms with E-state index in [4.69, 9.17) is 17.3 Å². The van der Waals surface area contributed by atoms with Crippen molar-refractivity contribution in [1.82, 2.24) is 5.32 Å². The van der Waals surface area contributed by atoms with Gasteiger partial charge in [-0.15, -0.1) is 12.4 Å². The van der Waals surface area contributed by atoms with Gasteiger partial charge in [-0.2, -0.15) is 0 Å². The summed E-state index contributed by atoms with van der Waals surface area (Å²) in [5.41, 5.74) is 11.6. The lowest BCUT2D eigenvalue weighted by Crippen LogP contribution is -2.28. The third kappa shape index (κ3) is 4.22. The van der Waals surface area contributed by atoms with Crippen molar-refractivity contribution in [1.29, 1.82) is 0 Å². The molecule has 0 saturated heterocycles. The number of hydrogen-bond acceptors (Lipinski definition) is 2. The van der Waals surface area contributed by atoms with E-state index < -0.39 is 5.91 Å². The van der Waals surface area contributed by atoms with Crippen LogP contribution in [-0.2, 0) is 19.4 Å². The number of primary amides is 1. The van der Waals surface area contributed by atoms with Gasteiger partial charge in [0.25, 0.3) is 0 Å². The van der Waals surface area contributed by atoms with Gasteiger partial charge in [0, 0.05) is 18.2 Å². The summed E-state index contributed by atoms with van der Waals surface area (Å²) in [5, 5.41) is 4.05. The zero-order valence-corrected chi connectivity index (χ0v) is 16.9. The summed E-state index contributed by atoms with van der Waals surface area (Å²) in [6.07, 6.45) is 2.17. The highest BCUT2D eigenvalue weighted by atomic mass is 35.5. The maximum Gasteiger partial charge on any atom is 0.250 e. The van der Waals surface area contributed by atoms with Gasteiger partial charge in [-0.25, -0.2) is 0 Å². The Balaban J connectivity index is 0.00000225. The van der Waals surface area contributed by atoms with Crippen LogP contribution in [0.5, 0.6) is 0 Å². The van der Waals surface area contributed by atoms with E-state index in [2.05, 4.69) is 41.7 Å². The van der Waals surface area contributed by atoms with Gasteiger partial charge in [-0.1, -0.05) is 72.3 Å². The van der Waals surface area contributed by atoms with Gasteiger partial charge < -0.3 is 11.1 Å². The minimum Gasteiger partial charge on any atom is -0.366 e. The molecule has 0 spiro atoms. The van der Waals surface area contributed by atoms with Gasteiger partial charge in [0.2, 0.25) is 5.91 Å².